The first kappa shape index (κ1) is 25.9. The van der Waals surface area contributed by atoms with Crippen molar-refractivity contribution in [2.24, 2.45) is 10.7 Å². The lowest BCUT2D eigenvalue weighted by molar-refractivity contribution is -0.141. The van der Waals surface area contributed by atoms with Crippen LogP contribution in [0.4, 0.5) is 24.5 Å². The normalized spacial score (nSPS) is 12.8. The third-order valence-electron chi connectivity index (χ3n) is 4.36. The van der Waals surface area contributed by atoms with Crippen LogP contribution in [-0.2, 0) is 6.18 Å². The molecule has 0 fully saturated rings. The second kappa shape index (κ2) is 11.5. The third kappa shape index (κ3) is 7.06. The van der Waals surface area contributed by atoms with Gasteiger partial charge in [-0.1, -0.05) is 29.8 Å². The standard InChI is InChI=1S/C22H23ClF3N5O2/c1-13-15(6-7-19(31-13)22(24,25)26)21(32)29-11-9-14(16(23)8-10-27)12-30-20-17(28)4-3-5-18(20)33-2/h3-9,12H,10-11,27-28H2,1-2H3,(H,29,32)/b14-9-,16-8+,30-12?. The predicted octanol–water partition coefficient (Wildman–Crippen LogP) is 4.14. The Hall–Kier alpha value is -3.37. The summed E-state index contributed by atoms with van der Waals surface area (Å²) in [5.41, 5.74) is 11.6. The molecule has 0 aliphatic carbocycles. The van der Waals surface area contributed by atoms with E-state index in [-0.39, 0.29) is 29.4 Å². The van der Waals surface area contributed by atoms with Gasteiger partial charge in [0.1, 0.15) is 17.1 Å². The number of methoxy groups -OCH3 is 1. The topological polar surface area (TPSA) is 116 Å². The number of aromatic nitrogens is 1. The highest BCUT2D eigenvalue weighted by molar-refractivity contribution is 6.34. The average Bonchev–Trinajstić information content (AvgIpc) is 2.75. The van der Waals surface area contributed by atoms with Gasteiger partial charge in [0.2, 0.25) is 0 Å². The molecule has 2 rings (SSSR count). The van der Waals surface area contributed by atoms with Crippen LogP contribution >= 0.6 is 11.6 Å². The van der Waals surface area contributed by atoms with E-state index in [1.807, 2.05) is 0 Å². The number of amides is 1. The number of carbonyl (C=O) groups excluding carboxylic acids is 1. The number of halogens is 4. The molecule has 0 radical (unpaired) electrons. The largest absolute Gasteiger partial charge is 0.494 e. The quantitative estimate of drug-likeness (QED) is 0.298. The Bertz CT molecular complexity index is 1100. The van der Waals surface area contributed by atoms with Gasteiger partial charge in [-0.15, -0.1) is 0 Å². The van der Waals surface area contributed by atoms with Crippen molar-refractivity contribution in [2.75, 3.05) is 25.9 Å². The van der Waals surface area contributed by atoms with E-state index in [4.69, 9.17) is 27.8 Å². The molecular formula is C22H23ClF3N5O2. The number of aliphatic imine (C=N–C) groups is 1. The van der Waals surface area contributed by atoms with Gasteiger partial charge in [0, 0.05) is 29.9 Å². The molecule has 0 bridgehead atoms. The average molecular weight is 482 g/mol. The van der Waals surface area contributed by atoms with E-state index in [2.05, 4.69) is 15.3 Å². The number of alkyl halides is 3. The van der Waals surface area contributed by atoms with Gasteiger partial charge >= 0.3 is 6.18 Å². The Balaban J connectivity index is 2.22. The van der Waals surface area contributed by atoms with Gasteiger partial charge in [-0.25, -0.2) is 4.98 Å². The fraction of sp³-hybridized carbons (Fsp3) is 0.227. The summed E-state index contributed by atoms with van der Waals surface area (Å²) in [5.74, 6) is -0.128. The van der Waals surface area contributed by atoms with Gasteiger partial charge in [-0.2, -0.15) is 13.2 Å². The van der Waals surface area contributed by atoms with Crippen molar-refractivity contribution in [3.8, 4) is 5.75 Å². The molecule has 2 aromatic rings. The van der Waals surface area contributed by atoms with Gasteiger partial charge in [-0.05, 0) is 31.2 Å². The minimum absolute atomic E-state index is 0.0106. The Labute approximate surface area is 194 Å². The lowest BCUT2D eigenvalue weighted by Gasteiger charge is -2.10. The number of benzene rings is 1. The van der Waals surface area contributed by atoms with Crippen LogP contribution in [0.25, 0.3) is 0 Å². The first-order valence-electron chi connectivity index (χ1n) is 9.64. The van der Waals surface area contributed by atoms with Gasteiger partial charge in [-0.3, -0.25) is 9.79 Å². The zero-order valence-electron chi connectivity index (χ0n) is 17.9. The van der Waals surface area contributed by atoms with E-state index >= 15 is 0 Å². The van der Waals surface area contributed by atoms with E-state index in [1.165, 1.54) is 20.2 Å². The number of allylic oxidation sites excluding steroid dienone is 2. The highest BCUT2D eigenvalue weighted by Gasteiger charge is 2.33. The number of anilines is 1. The van der Waals surface area contributed by atoms with Crippen molar-refractivity contribution in [3.63, 3.8) is 0 Å². The van der Waals surface area contributed by atoms with Gasteiger partial charge in [0.25, 0.3) is 5.91 Å². The second-order valence-corrected chi connectivity index (χ2v) is 7.05. The molecule has 0 unspecified atom stereocenters. The number of nitrogens with two attached hydrogens (primary N) is 2. The summed E-state index contributed by atoms with van der Waals surface area (Å²) in [7, 11) is 1.49. The molecule has 11 heteroatoms. The van der Waals surface area contributed by atoms with Gasteiger partial charge in [0.15, 0.2) is 0 Å². The van der Waals surface area contributed by atoms with Crippen molar-refractivity contribution in [3.05, 3.63) is 70.0 Å². The van der Waals surface area contributed by atoms with Crippen molar-refractivity contribution in [1.29, 1.82) is 0 Å². The molecule has 5 N–H and O–H groups in total. The molecular weight excluding hydrogens is 459 g/mol. The number of pyridine rings is 1. The molecule has 0 aliphatic heterocycles. The monoisotopic (exact) mass is 481 g/mol. The highest BCUT2D eigenvalue weighted by atomic mass is 35.5. The van der Waals surface area contributed by atoms with Crippen LogP contribution in [-0.4, -0.2) is 37.3 Å². The van der Waals surface area contributed by atoms with Crippen molar-refractivity contribution >= 4 is 35.1 Å². The molecule has 0 spiro atoms. The van der Waals surface area contributed by atoms with Crippen LogP contribution in [0.15, 0.2) is 58.1 Å². The summed E-state index contributed by atoms with van der Waals surface area (Å²) in [6.45, 7) is 1.51. The lowest BCUT2D eigenvalue weighted by atomic mass is 10.1. The summed E-state index contributed by atoms with van der Waals surface area (Å²) in [6, 6.07) is 6.92. The van der Waals surface area contributed by atoms with E-state index in [1.54, 1.807) is 30.4 Å². The number of para-hydroxylation sites is 1. The Morgan fingerprint density at radius 2 is 2.00 bits per heavy atom. The van der Waals surface area contributed by atoms with E-state index < -0.39 is 17.8 Å². The first-order valence-corrected chi connectivity index (χ1v) is 10.0. The number of aryl methyl sites for hydroxylation is 1. The number of rotatable bonds is 8. The van der Waals surface area contributed by atoms with Crippen LogP contribution in [0.1, 0.15) is 21.7 Å². The molecule has 0 aliphatic rings. The molecule has 1 heterocycles. The van der Waals surface area contributed by atoms with Crippen LogP contribution in [0.2, 0.25) is 0 Å². The van der Waals surface area contributed by atoms with Crippen molar-refractivity contribution < 1.29 is 22.7 Å². The zero-order chi connectivity index (χ0) is 24.6. The maximum Gasteiger partial charge on any atom is 0.433 e. The number of hydrogen-bond donors (Lipinski definition) is 3. The highest BCUT2D eigenvalue weighted by Crippen LogP contribution is 2.33. The summed E-state index contributed by atoms with van der Waals surface area (Å²) in [4.78, 5) is 20.2. The minimum atomic E-state index is -4.59. The number of carbonyl (C=O) groups is 1. The van der Waals surface area contributed by atoms with Crippen LogP contribution in [0.3, 0.4) is 0 Å². The minimum Gasteiger partial charge on any atom is -0.494 e. The lowest BCUT2D eigenvalue weighted by Crippen LogP contribution is -2.25. The number of hydrogen-bond acceptors (Lipinski definition) is 6. The molecule has 1 amide bonds. The fourth-order valence-corrected chi connectivity index (χ4v) is 2.93. The molecule has 0 saturated carbocycles. The maximum atomic E-state index is 12.8. The van der Waals surface area contributed by atoms with E-state index in [0.29, 0.717) is 22.7 Å². The number of ether oxygens (including phenoxy) is 1. The molecule has 33 heavy (non-hydrogen) atoms. The van der Waals surface area contributed by atoms with Gasteiger partial charge < -0.3 is 21.5 Å². The fourth-order valence-electron chi connectivity index (χ4n) is 2.72. The van der Waals surface area contributed by atoms with Crippen LogP contribution in [0, 0.1) is 6.92 Å². The van der Waals surface area contributed by atoms with Crippen molar-refractivity contribution in [1.82, 2.24) is 10.3 Å². The maximum absolute atomic E-state index is 12.8. The number of nitrogens with zero attached hydrogens (tertiary/aromatic N) is 2. The summed E-state index contributed by atoms with van der Waals surface area (Å²) in [6.07, 6.45) is -0.0154. The van der Waals surface area contributed by atoms with Crippen molar-refractivity contribution in [2.45, 2.75) is 13.1 Å². The summed E-state index contributed by atoms with van der Waals surface area (Å²) >= 11 is 6.27. The Morgan fingerprint density at radius 3 is 2.61 bits per heavy atom. The SMILES string of the molecule is COc1cccc(N)c1N=CC(=C/CNC(=O)c1ccc(C(F)(F)F)nc1C)/C(Cl)=C\CN. The predicted molar refractivity (Wildman–Crippen MR) is 123 cm³/mol. The smallest absolute Gasteiger partial charge is 0.433 e. The van der Waals surface area contributed by atoms with Crippen LogP contribution < -0.4 is 21.5 Å². The molecule has 7 nitrogen and oxygen atoms in total. The van der Waals surface area contributed by atoms with E-state index in [9.17, 15) is 18.0 Å². The third-order valence-corrected chi connectivity index (χ3v) is 4.73. The molecule has 0 atom stereocenters. The Kier molecular flexibility index (Phi) is 9.01. The first-order chi connectivity index (χ1) is 15.6. The van der Waals surface area contributed by atoms with E-state index in [0.717, 1.165) is 12.1 Å². The number of nitrogen functional groups attached to an aromatic ring is 1. The summed E-state index contributed by atoms with van der Waals surface area (Å²) in [5, 5.41) is 2.88. The molecule has 1 aromatic carbocycles. The van der Waals surface area contributed by atoms with Crippen LogP contribution in [0.5, 0.6) is 5.75 Å². The molecule has 1 aromatic heterocycles. The second-order valence-electron chi connectivity index (χ2n) is 6.64. The molecule has 0 saturated heterocycles. The van der Waals surface area contributed by atoms with Gasteiger partial charge in [0.05, 0.1) is 24.1 Å². The molecule has 176 valence electrons. The summed E-state index contributed by atoms with van der Waals surface area (Å²) < 4.78 is 43.6. The zero-order valence-corrected chi connectivity index (χ0v) is 18.7. The Morgan fingerprint density at radius 1 is 1.27 bits per heavy atom. The number of nitrogens with one attached hydrogen (secondary N) is 1.